The number of carbonyl (C=O) groups is 1. The molecule has 2 aliphatic rings. The van der Waals surface area contributed by atoms with E-state index < -0.39 is 0 Å². The molecule has 4 heterocycles. The number of anilines is 1. The molecule has 24 heavy (non-hydrogen) atoms. The monoisotopic (exact) mass is 329 g/mol. The van der Waals surface area contributed by atoms with Crippen molar-refractivity contribution < 1.29 is 9.53 Å². The molecule has 0 N–H and O–H groups in total. The number of pyridine rings is 1. The summed E-state index contributed by atoms with van der Waals surface area (Å²) in [6.45, 7) is 6.55. The molecule has 2 aliphatic heterocycles. The summed E-state index contributed by atoms with van der Waals surface area (Å²) < 4.78 is 7.28. The van der Waals surface area contributed by atoms with Crippen LogP contribution in [0.25, 0.3) is 5.65 Å². The van der Waals surface area contributed by atoms with Crippen LogP contribution in [0.1, 0.15) is 31.5 Å². The molecule has 0 unspecified atom stereocenters. The van der Waals surface area contributed by atoms with Crippen LogP contribution in [0.4, 0.5) is 5.69 Å². The Labute approximate surface area is 141 Å². The number of piperidine rings is 1. The Morgan fingerprint density at radius 2 is 2.08 bits per heavy atom. The molecule has 2 fully saturated rings. The van der Waals surface area contributed by atoms with Crippen LogP contribution in [0.3, 0.4) is 0 Å². The molecule has 2 aromatic heterocycles. The Bertz CT molecular complexity index is 738. The second-order valence-corrected chi connectivity index (χ2v) is 6.56. The molecule has 0 radical (unpaired) electrons. The van der Waals surface area contributed by atoms with Gasteiger partial charge < -0.3 is 14.5 Å². The number of hydrogen-bond donors (Lipinski definition) is 0. The van der Waals surface area contributed by atoms with Gasteiger partial charge in [-0.3, -0.25) is 4.79 Å². The minimum atomic E-state index is 0.137. The minimum absolute atomic E-state index is 0.137. The highest BCUT2D eigenvalue weighted by Crippen LogP contribution is 2.26. The van der Waals surface area contributed by atoms with Gasteiger partial charge in [0.05, 0.1) is 25.1 Å². The standard InChI is InChI=1S/C17H23N5O2/c1-13(23)21-6-2-3-14(11-21)17-18-16-5-4-15(12-22(16)19-17)20-7-9-24-10-8-20/h4-5,12,14H,2-3,6-11H2,1H3/t14-/m1/s1. The first-order valence-corrected chi connectivity index (χ1v) is 8.65. The van der Waals surface area contributed by atoms with Crippen LogP contribution in [-0.2, 0) is 9.53 Å². The van der Waals surface area contributed by atoms with E-state index in [1.54, 1.807) is 6.92 Å². The van der Waals surface area contributed by atoms with Gasteiger partial charge in [0.1, 0.15) is 0 Å². The highest BCUT2D eigenvalue weighted by molar-refractivity contribution is 5.73. The van der Waals surface area contributed by atoms with Gasteiger partial charge in [-0.15, -0.1) is 0 Å². The molecule has 128 valence electrons. The number of morpholine rings is 1. The summed E-state index contributed by atoms with van der Waals surface area (Å²) in [6.07, 6.45) is 4.10. The van der Waals surface area contributed by atoms with Crippen molar-refractivity contribution in [3.8, 4) is 0 Å². The molecule has 0 aliphatic carbocycles. The van der Waals surface area contributed by atoms with Crippen molar-refractivity contribution in [3.63, 3.8) is 0 Å². The number of aromatic nitrogens is 3. The van der Waals surface area contributed by atoms with Crippen molar-refractivity contribution in [1.29, 1.82) is 0 Å². The number of hydrogen-bond acceptors (Lipinski definition) is 5. The fourth-order valence-electron chi connectivity index (χ4n) is 3.54. The largest absolute Gasteiger partial charge is 0.378 e. The lowest BCUT2D eigenvalue weighted by atomic mass is 9.97. The second kappa shape index (κ2) is 6.39. The van der Waals surface area contributed by atoms with Crippen molar-refractivity contribution in [2.75, 3.05) is 44.3 Å². The van der Waals surface area contributed by atoms with E-state index in [2.05, 4.69) is 16.0 Å². The predicted octanol–water partition coefficient (Wildman–Crippen LogP) is 1.29. The molecule has 0 spiro atoms. The average molecular weight is 329 g/mol. The zero-order valence-electron chi connectivity index (χ0n) is 14.0. The normalized spacial score (nSPS) is 22.1. The van der Waals surface area contributed by atoms with Crippen molar-refractivity contribution in [1.82, 2.24) is 19.5 Å². The van der Waals surface area contributed by atoms with Gasteiger partial charge in [0, 0.05) is 39.0 Å². The fourth-order valence-corrected chi connectivity index (χ4v) is 3.54. The smallest absolute Gasteiger partial charge is 0.219 e. The van der Waals surface area contributed by atoms with Crippen LogP contribution < -0.4 is 4.90 Å². The third kappa shape index (κ3) is 2.96. The molecule has 1 atom stereocenters. The quantitative estimate of drug-likeness (QED) is 0.831. The summed E-state index contributed by atoms with van der Waals surface area (Å²) in [5, 5.41) is 4.70. The van der Waals surface area contributed by atoms with E-state index in [-0.39, 0.29) is 11.8 Å². The number of carbonyl (C=O) groups excluding carboxylic acids is 1. The first-order chi connectivity index (χ1) is 11.7. The minimum Gasteiger partial charge on any atom is -0.378 e. The van der Waals surface area contributed by atoms with Crippen LogP contribution in [0.2, 0.25) is 0 Å². The first-order valence-electron chi connectivity index (χ1n) is 8.65. The van der Waals surface area contributed by atoms with E-state index in [0.717, 1.165) is 69.4 Å². The number of ether oxygens (including phenoxy) is 1. The topological polar surface area (TPSA) is 63.0 Å². The molecule has 2 aromatic rings. The molecule has 7 nitrogen and oxygen atoms in total. The molecule has 7 heteroatoms. The molecule has 0 aromatic carbocycles. The zero-order chi connectivity index (χ0) is 16.5. The second-order valence-electron chi connectivity index (χ2n) is 6.56. The third-order valence-corrected chi connectivity index (χ3v) is 4.94. The summed E-state index contributed by atoms with van der Waals surface area (Å²) in [7, 11) is 0. The molecular formula is C17H23N5O2. The van der Waals surface area contributed by atoms with Crippen molar-refractivity contribution in [2.45, 2.75) is 25.7 Å². The molecule has 0 bridgehead atoms. The maximum absolute atomic E-state index is 11.6. The summed E-state index contributed by atoms with van der Waals surface area (Å²) in [5.74, 6) is 1.22. The van der Waals surface area contributed by atoms with Gasteiger partial charge >= 0.3 is 0 Å². The van der Waals surface area contributed by atoms with Crippen LogP contribution in [0, 0.1) is 0 Å². The van der Waals surface area contributed by atoms with Gasteiger partial charge in [0.25, 0.3) is 0 Å². The molecule has 4 rings (SSSR count). The van der Waals surface area contributed by atoms with Gasteiger partial charge in [-0.2, -0.15) is 5.10 Å². The lowest BCUT2D eigenvalue weighted by Gasteiger charge is -2.30. The van der Waals surface area contributed by atoms with Gasteiger partial charge in [-0.1, -0.05) is 0 Å². The predicted molar refractivity (Wildman–Crippen MR) is 90.2 cm³/mol. The third-order valence-electron chi connectivity index (χ3n) is 4.94. The Morgan fingerprint density at radius 1 is 1.25 bits per heavy atom. The van der Waals surface area contributed by atoms with Crippen molar-refractivity contribution in [2.24, 2.45) is 0 Å². The van der Waals surface area contributed by atoms with Crippen LogP contribution in [0.5, 0.6) is 0 Å². The van der Waals surface area contributed by atoms with E-state index in [9.17, 15) is 4.79 Å². The molecule has 0 saturated carbocycles. The lowest BCUT2D eigenvalue weighted by molar-refractivity contribution is -0.130. The van der Waals surface area contributed by atoms with Crippen molar-refractivity contribution >= 4 is 17.2 Å². The molecular weight excluding hydrogens is 306 g/mol. The highest BCUT2D eigenvalue weighted by Gasteiger charge is 2.26. The van der Waals surface area contributed by atoms with Crippen LogP contribution in [-0.4, -0.2) is 64.8 Å². The van der Waals surface area contributed by atoms with Gasteiger partial charge in [0.2, 0.25) is 5.91 Å². The molecule has 1 amide bonds. The Morgan fingerprint density at radius 3 is 2.88 bits per heavy atom. The highest BCUT2D eigenvalue weighted by atomic mass is 16.5. The zero-order valence-corrected chi connectivity index (χ0v) is 14.0. The number of nitrogens with zero attached hydrogens (tertiary/aromatic N) is 5. The van der Waals surface area contributed by atoms with Gasteiger partial charge in [-0.05, 0) is 25.0 Å². The number of rotatable bonds is 2. The van der Waals surface area contributed by atoms with E-state index in [1.165, 1.54) is 0 Å². The summed E-state index contributed by atoms with van der Waals surface area (Å²) in [4.78, 5) is 20.5. The van der Waals surface area contributed by atoms with E-state index in [0.29, 0.717) is 0 Å². The Hall–Kier alpha value is -2.15. The van der Waals surface area contributed by atoms with Crippen molar-refractivity contribution in [3.05, 3.63) is 24.2 Å². The van der Waals surface area contributed by atoms with Crippen LogP contribution >= 0.6 is 0 Å². The van der Waals surface area contributed by atoms with Gasteiger partial charge in [0.15, 0.2) is 11.5 Å². The number of amides is 1. The Balaban J connectivity index is 1.57. The lowest BCUT2D eigenvalue weighted by Crippen LogP contribution is -2.37. The average Bonchev–Trinajstić information content (AvgIpc) is 3.06. The summed E-state index contributed by atoms with van der Waals surface area (Å²) in [6, 6.07) is 4.12. The first kappa shape index (κ1) is 15.4. The maximum Gasteiger partial charge on any atom is 0.219 e. The summed E-state index contributed by atoms with van der Waals surface area (Å²) in [5.41, 5.74) is 2.01. The van der Waals surface area contributed by atoms with E-state index >= 15 is 0 Å². The van der Waals surface area contributed by atoms with Gasteiger partial charge in [-0.25, -0.2) is 9.50 Å². The summed E-state index contributed by atoms with van der Waals surface area (Å²) >= 11 is 0. The SMILES string of the molecule is CC(=O)N1CCC[C@@H](c2nc3ccc(N4CCOCC4)cn3n2)C1. The fraction of sp³-hybridized carbons (Fsp3) is 0.588. The van der Waals surface area contributed by atoms with E-state index in [4.69, 9.17) is 9.84 Å². The number of fused-ring (bicyclic) bond motifs is 1. The maximum atomic E-state index is 11.6. The van der Waals surface area contributed by atoms with E-state index in [1.807, 2.05) is 21.7 Å². The Kier molecular flexibility index (Phi) is 4.10. The number of likely N-dealkylation sites (tertiary alicyclic amines) is 1. The molecule has 2 saturated heterocycles. The van der Waals surface area contributed by atoms with Crippen LogP contribution in [0.15, 0.2) is 18.3 Å².